The van der Waals surface area contributed by atoms with Gasteiger partial charge in [-0.1, -0.05) is 26.2 Å². The van der Waals surface area contributed by atoms with E-state index in [1.807, 2.05) is 0 Å². The Morgan fingerprint density at radius 2 is 1.90 bits per heavy atom. The third kappa shape index (κ3) is 7.92. The molecule has 0 aromatic carbocycles. The summed E-state index contributed by atoms with van der Waals surface area (Å²) in [7, 11) is 0. The first kappa shape index (κ1) is 9.92. The molecule has 0 aliphatic rings. The fourth-order valence-corrected chi connectivity index (χ4v) is 0.805. The Morgan fingerprint density at radius 1 is 1.10 bits per heavy atom. The van der Waals surface area contributed by atoms with E-state index in [0.717, 1.165) is 13.0 Å². The van der Waals surface area contributed by atoms with Gasteiger partial charge in [0.05, 0.1) is 6.61 Å². The number of ether oxygens (including phenoxy) is 1. The average molecular weight is 144 g/mol. The van der Waals surface area contributed by atoms with Gasteiger partial charge in [-0.15, -0.1) is 0 Å². The zero-order chi connectivity index (χ0) is 7.66. The molecule has 0 saturated heterocycles. The Labute approximate surface area is 63.7 Å². The molecule has 0 unspecified atom stereocenters. The Morgan fingerprint density at radius 3 is 2.50 bits per heavy atom. The second kappa shape index (κ2) is 8.92. The van der Waals surface area contributed by atoms with Gasteiger partial charge in [0.2, 0.25) is 0 Å². The van der Waals surface area contributed by atoms with Crippen molar-refractivity contribution in [1.29, 1.82) is 0 Å². The van der Waals surface area contributed by atoms with E-state index in [1.54, 1.807) is 0 Å². The van der Waals surface area contributed by atoms with Crippen LogP contribution in [0.2, 0.25) is 0 Å². The van der Waals surface area contributed by atoms with E-state index in [0.29, 0.717) is 13.2 Å². The summed E-state index contributed by atoms with van der Waals surface area (Å²) < 4.78 is 5.14. The van der Waals surface area contributed by atoms with Crippen LogP contribution in [-0.4, -0.2) is 19.8 Å². The molecule has 0 aliphatic carbocycles. The molecule has 0 fully saturated rings. The summed E-state index contributed by atoms with van der Waals surface area (Å²) in [6.45, 7) is 4.05. The second-order valence-electron chi connectivity index (χ2n) is 2.42. The van der Waals surface area contributed by atoms with Crippen LogP contribution in [-0.2, 0) is 4.74 Å². The highest BCUT2D eigenvalue weighted by molar-refractivity contribution is 4.39. The Kier molecular flexibility index (Phi) is 8.85. The lowest BCUT2D eigenvalue weighted by Gasteiger charge is -2.00. The smallest absolute Gasteiger partial charge is 0.0604 e. The normalized spacial score (nSPS) is 10.2. The molecule has 61 valence electrons. The molecule has 2 heteroatoms. The largest absolute Gasteiger partial charge is 0.380 e. The first-order valence-corrected chi connectivity index (χ1v) is 4.14. The first-order valence-electron chi connectivity index (χ1n) is 4.14. The van der Waals surface area contributed by atoms with Crippen LogP contribution in [0.3, 0.4) is 0 Å². The lowest BCUT2D eigenvalue weighted by atomic mass is 10.2. The van der Waals surface area contributed by atoms with Gasteiger partial charge < -0.3 is 4.74 Å². The van der Waals surface area contributed by atoms with E-state index in [1.165, 1.54) is 19.3 Å². The van der Waals surface area contributed by atoms with Crippen molar-refractivity contribution in [2.75, 3.05) is 19.8 Å². The van der Waals surface area contributed by atoms with E-state index >= 15 is 0 Å². The SMILES string of the molecule is CCCCCCOCC[NH]. The summed E-state index contributed by atoms with van der Waals surface area (Å²) in [5, 5.41) is 0. The Bertz CT molecular complexity index is 49.2. The molecule has 2 nitrogen and oxygen atoms in total. The van der Waals surface area contributed by atoms with Gasteiger partial charge in [-0.25, -0.2) is 0 Å². The summed E-state index contributed by atoms with van der Waals surface area (Å²) in [4.78, 5) is 0. The van der Waals surface area contributed by atoms with Crippen LogP contribution in [0.1, 0.15) is 32.6 Å². The van der Waals surface area contributed by atoms with Crippen molar-refractivity contribution in [3.05, 3.63) is 0 Å². The van der Waals surface area contributed by atoms with Gasteiger partial charge in [0.1, 0.15) is 0 Å². The average Bonchev–Trinajstić information content (AvgIpc) is 1.97. The van der Waals surface area contributed by atoms with Crippen LogP contribution >= 0.6 is 0 Å². The van der Waals surface area contributed by atoms with Gasteiger partial charge in [-0.3, -0.25) is 5.73 Å². The third-order valence-corrected chi connectivity index (χ3v) is 1.39. The minimum Gasteiger partial charge on any atom is -0.380 e. The van der Waals surface area contributed by atoms with Crippen LogP contribution in [0.15, 0.2) is 0 Å². The fourth-order valence-electron chi connectivity index (χ4n) is 0.805. The number of hydrogen-bond donors (Lipinski definition) is 0. The summed E-state index contributed by atoms with van der Waals surface area (Å²) in [6.07, 6.45) is 5.02. The van der Waals surface area contributed by atoms with Crippen molar-refractivity contribution in [2.24, 2.45) is 0 Å². The molecule has 1 N–H and O–H groups in total. The minimum atomic E-state index is 0.397. The highest BCUT2D eigenvalue weighted by Gasteiger charge is 1.87. The third-order valence-electron chi connectivity index (χ3n) is 1.39. The van der Waals surface area contributed by atoms with Gasteiger partial charge in [0, 0.05) is 13.2 Å². The number of nitrogens with one attached hydrogen (secondary N) is 1. The molecule has 0 saturated carbocycles. The molecule has 0 amide bonds. The maximum absolute atomic E-state index is 6.79. The molecule has 10 heavy (non-hydrogen) atoms. The van der Waals surface area contributed by atoms with Crippen molar-refractivity contribution < 1.29 is 4.74 Å². The van der Waals surface area contributed by atoms with E-state index in [-0.39, 0.29) is 0 Å². The zero-order valence-corrected chi connectivity index (χ0v) is 6.86. The molecule has 0 heterocycles. The van der Waals surface area contributed by atoms with Crippen LogP contribution in [0.25, 0.3) is 0 Å². The first-order chi connectivity index (χ1) is 4.91. The number of rotatable bonds is 7. The van der Waals surface area contributed by atoms with E-state index in [9.17, 15) is 0 Å². The topological polar surface area (TPSA) is 33.0 Å². The predicted molar refractivity (Wildman–Crippen MR) is 42.9 cm³/mol. The maximum atomic E-state index is 6.79. The standard InChI is InChI=1S/C8H18NO/c1-2-3-4-5-7-10-8-6-9/h9H,2-8H2,1H3. The van der Waals surface area contributed by atoms with Crippen LogP contribution in [0, 0.1) is 0 Å². The quantitative estimate of drug-likeness (QED) is 0.502. The van der Waals surface area contributed by atoms with Gasteiger partial charge in [-0.05, 0) is 6.42 Å². The summed E-state index contributed by atoms with van der Waals surface area (Å²) >= 11 is 0. The van der Waals surface area contributed by atoms with Gasteiger partial charge in [-0.2, -0.15) is 0 Å². The number of hydrogen-bond acceptors (Lipinski definition) is 1. The summed E-state index contributed by atoms with van der Waals surface area (Å²) in [5.74, 6) is 0. The molecule has 0 atom stereocenters. The highest BCUT2D eigenvalue weighted by Crippen LogP contribution is 1.98. The van der Waals surface area contributed by atoms with Crippen LogP contribution < -0.4 is 5.73 Å². The van der Waals surface area contributed by atoms with E-state index in [4.69, 9.17) is 10.5 Å². The van der Waals surface area contributed by atoms with Crippen molar-refractivity contribution in [1.82, 2.24) is 5.73 Å². The van der Waals surface area contributed by atoms with E-state index < -0.39 is 0 Å². The lowest BCUT2D eigenvalue weighted by molar-refractivity contribution is 0.136. The molecule has 1 radical (unpaired) electrons. The molecular formula is C8H18NO. The van der Waals surface area contributed by atoms with Crippen molar-refractivity contribution in [3.8, 4) is 0 Å². The van der Waals surface area contributed by atoms with Crippen LogP contribution in [0.5, 0.6) is 0 Å². The van der Waals surface area contributed by atoms with Gasteiger partial charge in [0.25, 0.3) is 0 Å². The summed E-state index contributed by atoms with van der Waals surface area (Å²) in [6, 6.07) is 0. The van der Waals surface area contributed by atoms with Crippen molar-refractivity contribution >= 4 is 0 Å². The number of unbranched alkanes of at least 4 members (excludes halogenated alkanes) is 3. The lowest BCUT2D eigenvalue weighted by Crippen LogP contribution is -2.01. The molecule has 0 aromatic heterocycles. The van der Waals surface area contributed by atoms with Crippen molar-refractivity contribution in [2.45, 2.75) is 32.6 Å². The van der Waals surface area contributed by atoms with Gasteiger partial charge in [0.15, 0.2) is 0 Å². The zero-order valence-electron chi connectivity index (χ0n) is 6.86. The van der Waals surface area contributed by atoms with Crippen molar-refractivity contribution in [3.63, 3.8) is 0 Å². The molecule has 0 aliphatic heterocycles. The molecule has 0 rings (SSSR count). The predicted octanol–water partition coefficient (Wildman–Crippen LogP) is 1.87. The Hall–Kier alpha value is -0.0800. The maximum Gasteiger partial charge on any atom is 0.0604 e. The summed E-state index contributed by atoms with van der Waals surface area (Å²) in [5.41, 5.74) is 6.79. The van der Waals surface area contributed by atoms with Gasteiger partial charge >= 0.3 is 0 Å². The molecule has 0 bridgehead atoms. The fraction of sp³-hybridized carbons (Fsp3) is 1.00. The molecule has 0 spiro atoms. The van der Waals surface area contributed by atoms with Crippen LogP contribution in [0.4, 0.5) is 0 Å². The minimum absolute atomic E-state index is 0.397. The highest BCUT2D eigenvalue weighted by atomic mass is 16.5. The molecular weight excluding hydrogens is 126 g/mol. The van der Waals surface area contributed by atoms with E-state index in [2.05, 4.69) is 6.92 Å². The Balaban J connectivity index is 2.65. The molecule has 0 aromatic rings. The monoisotopic (exact) mass is 144 g/mol. The second-order valence-corrected chi connectivity index (χ2v) is 2.42.